The van der Waals surface area contributed by atoms with Gasteiger partial charge >= 0.3 is 0 Å². The highest BCUT2D eigenvalue weighted by atomic mass is 32.2. The molecule has 1 fully saturated rings. The Labute approximate surface area is 170 Å². The zero-order valence-electron chi connectivity index (χ0n) is 16.9. The Morgan fingerprint density at radius 1 is 1.39 bits per heavy atom. The number of carbonyl (C=O) groups is 1. The smallest absolute Gasteiger partial charge is 0.262 e. The number of carbonyl (C=O) groups excluding carboxylic acids is 1. The fourth-order valence-electron chi connectivity index (χ4n) is 3.95. The van der Waals surface area contributed by atoms with Gasteiger partial charge in [0.25, 0.3) is 5.56 Å². The van der Waals surface area contributed by atoms with Crippen molar-refractivity contribution in [1.82, 2.24) is 14.9 Å². The molecule has 1 N–H and O–H groups in total. The predicted molar refractivity (Wildman–Crippen MR) is 116 cm³/mol. The minimum atomic E-state index is -0.351. The number of nitrogens with zero attached hydrogens (tertiary/aromatic N) is 2. The number of thioether (sulfide) groups is 1. The van der Waals surface area contributed by atoms with Gasteiger partial charge in [0.2, 0.25) is 5.91 Å². The molecule has 1 amide bonds. The van der Waals surface area contributed by atoms with E-state index in [0.717, 1.165) is 12.8 Å². The summed E-state index contributed by atoms with van der Waals surface area (Å²) in [7, 11) is 0. The summed E-state index contributed by atoms with van der Waals surface area (Å²) in [6.45, 7) is 10.4. The lowest BCUT2D eigenvalue weighted by atomic mass is 9.78. The van der Waals surface area contributed by atoms with Gasteiger partial charge in [0, 0.05) is 12.6 Å². The van der Waals surface area contributed by atoms with Gasteiger partial charge in [0.1, 0.15) is 0 Å². The number of hydrogen-bond donors (Lipinski definition) is 1. The van der Waals surface area contributed by atoms with Crippen molar-refractivity contribution in [3.8, 4) is 0 Å². The van der Waals surface area contributed by atoms with Crippen LogP contribution in [0, 0.1) is 11.8 Å². The van der Waals surface area contributed by atoms with Crippen LogP contribution in [0.1, 0.15) is 46.1 Å². The number of aromatic nitrogens is 2. The van der Waals surface area contributed by atoms with Gasteiger partial charge < -0.3 is 5.32 Å². The van der Waals surface area contributed by atoms with Crippen LogP contribution in [0.3, 0.4) is 0 Å². The number of rotatable bonds is 6. The average molecular weight is 400 g/mol. The molecule has 0 spiro atoms. The maximum absolute atomic E-state index is 13.4. The lowest BCUT2D eigenvalue weighted by Gasteiger charge is -2.36. The molecule has 0 saturated heterocycles. The van der Waals surface area contributed by atoms with E-state index in [1.165, 1.54) is 18.2 Å². The van der Waals surface area contributed by atoms with Crippen LogP contribution >= 0.6 is 11.8 Å². The van der Waals surface area contributed by atoms with Gasteiger partial charge in [-0.1, -0.05) is 56.7 Å². The summed E-state index contributed by atoms with van der Waals surface area (Å²) in [5.41, 5.74) is 0.680. The summed E-state index contributed by atoms with van der Waals surface area (Å²) in [4.78, 5) is 30.6. The Hall–Kier alpha value is -2.08. The van der Waals surface area contributed by atoms with Crippen molar-refractivity contribution in [1.29, 1.82) is 0 Å². The Kier molecular flexibility index (Phi) is 6.60. The van der Waals surface area contributed by atoms with Crippen molar-refractivity contribution in [2.24, 2.45) is 11.8 Å². The van der Waals surface area contributed by atoms with E-state index >= 15 is 0 Å². The number of para-hydroxylation sites is 1. The van der Waals surface area contributed by atoms with Crippen LogP contribution in [-0.2, 0) is 4.79 Å². The molecule has 150 valence electrons. The molecule has 1 aromatic heterocycles. The third-order valence-electron chi connectivity index (χ3n) is 5.84. The van der Waals surface area contributed by atoms with Crippen LogP contribution in [-0.4, -0.2) is 27.3 Å². The number of fused-ring (bicyclic) bond motifs is 1. The Morgan fingerprint density at radius 3 is 2.89 bits per heavy atom. The first-order valence-corrected chi connectivity index (χ1v) is 10.9. The van der Waals surface area contributed by atoms with E-state index in [0.29, 0.717) is 34.4 Å². The Morgan fingerprint density at radius 2 is 2.14 bits per heavy atom. The molecule has 6 heteroatoms. The first kappa shape index (κ1) is 20.6. The minimum Gasteiger partial charge on any atom is -0.352 e. The molecule has 1 heterocycles. The molecule has 0 aliphatic heterocycles. The molecule has 0 bridgehead atoms. The highest BCUT2D eigenvalue weighted by Crippen LogP contribution is 2.39. The maximum atomic E-state index is 13.4. The second kappa shape index (κ2) is 8.95. The largest absolute Gasteiger partial charge is 0.352 e. The van der Waals surface area contributed by atoms with Crippen molar-refractivity contribution >= 4 is 28.6 Å². The first-order chi connectivity index (χ1) is 13.4. The highest BCUT2D eigenvalue weighted by Gasteiger charge is 2.32. The third kappa shape index (κ3) is 4.17. The summed E-state index contributed by atoms with van der Waals surface area (Å²) in [6, 6.07) is 7.58. The molecule has 1 aliphatic carbocycles. The van der Waals surface area contributed by atoms with E-state index in [-0.39, 0.29) is 22.8 Å². The van der Waals surface area contributed by atoms with Gasteiger partial charge in [-0.25, -0.2) is 4.98 Å². The molecule has 5 nitrogen and oxygen atoms in total. The number of amides is 1. The minimum absolute atomic E-state index is 0.00208. The van der Waals surface area contributed by atoms with E-state index in [1.54, 1.807) is 6.08 Å². The molecule has 1 saturated carbocycles. The van der Waals surface area contributed by atoms with Crippen LogP contribution in [0.2, 0.25) is 0 Å². The van der Waals surface area contributed by atoms with E-state index in [2.05, 4.69) is 25.7 Å². The molecule has 1 aromatic carbocycles. The molecular formula is C22H29N3O2S. The van der Waals surface area contributed by atoms with Crippen molar-refractivity contribution in [3.05, 3.63) is 47.3 Å². The van der Waals surface area contributed by atoms with Gasteiger partial charge in [-0.15, -0.1) is 6.58 Å². The first-order valence-electron chi connectivity index (χ1n) is 10.0. The fraction of sp³-hybridized carbons (Fsp3) is 0.500. The van der Waals surface area contributed by atoms with Gasteiger partial charge in [0.05, 0.1) is 16.2 Å². The lowest BCUT2D eigenvalue weighted by molar-refractivity contribution is -0.120. The van der Waals surface area contributed by atoms with Crippen molar-refractivity contribution in [2.45, 2.75) is 56.5 Å². The SMILES string of the molecule is C=CCNC(=O)[C@H](C)Sc1nc2ccccc2c(=O)n1[C@@H]1CCC[C@H](C)[C@H]1C. The monoisotopic (exact) mass is 399 g/mol. The molecule has 1 aliphatic rings. The van der Waals surface area contributed by atoms with E-state index in [1.807, 2.05) is 35.8 Å². The molecule has 28 heavy (non-hydrogen) atoms. The van der Waals surface area contributed by atoms with Crippen molar-refractivity contribution < 1.29 is 4.79 Å². The van der Waals surface area contributed by atoms with Crippen LogP contribution < -0.4 is 10.9 Å². The molecule has 4 atom stereocenters. The predicted octanol–water partition coefficient (Wildman–Crippen LogP) is 4.18. The molecular weight excluding hydrogens is 370 g/mol. The fourth-order valence-corrected chi connectivity index (χ4v) is 4.94. The lowest BCUT2D eigenvalue weighted by Crippen LogP contribution is -2.36. The topological polar surface area (TPSA) is 64.0 Å². The van der Waals surface area contributed by atoms with Crippen LogP contribution in [0.15, 0.2) is 46.9 Å². The van der Waals surface area contributed by atoms with Gasteiger partial charge in [-0.3, -0.25) is 14.2 Å². The van der Waals surface area contributed by atoms with Gasteiger partial charge in [-0.2, -0.15) is 0 Å². The normalized spacial score (nSPS) is 23.3. The molecule has 3 rings (SSSR count). The maximum Gasteiger partial charge on any atom is 0.262 e. The van der Waals surface area contributed by atoms with Gasteiger partial charge in [-0.05, 0) is 37.3 Å². The summed E-state index contributed by atoms with van der Waals surface area (Å²) in [5.74, 6) is 0.867. The quantitative estimate of drug-likeness (QED) is 0.450. The van der Waals surface area contributed by atoms with Crippen molar-refractivity contribution in [2.75, 3.05) is 6.54 Å². The molecule has 0 radical (unpaired) electrons. The van der Waals surface area contributed by atoms with Crippen molar-refractivity contribution in [3.63, 3.8) is 0 Å². The number of benzene rings is 1. The summed E-state index contributed by atoms with van der Waals surface area (Å²) >= 11 is 1.36. The van der Waals surface area contributed by atoms with Crippen LogP contribution in [0.4, 0.5) is 0 Å². The number of hydrogen-bond acceptors (Lipinski definition) is 4. The summed E-state index contributed by atoms with van der Waals surface area (Å²) in [5, 5.41) is 3.75. The standard InChI is InChI=1S/C22H29N3O2S/c1-5-13-23-20(26)16(4)28-22-24-18-11-7-6-10-17(18)21(27)25(22)19-12-8-9-14(2)15(19)3/h5-7,10-11,14-16,19H,1,8-9,12-13H2,2-4H3,(H,23,26)/t14-,15+,16-,19+/m0/s1. The second-order valence-corrected chi connectivity index (χ2v) is 9.02. The van der Waals surface area contributed by atoms with E-state index in [4.69, 9.17) is 4.98 Å². The van der Waals surface area contributed by atoms with E-state index < -0.39 is 0 Å². The summed E-state index contributed by atoms with van der Waals surface area (Å²) < 4.78 is 1.87. The third-order valence-corrected chi connectivity index (χ3v) is 6.91. The Balaban J connectivity index is 2.05. The molecule has 0 unspecified atom stereocenters. The van der Waals surface area contributed by atoms with Crippen LogP contribution in [0.5, 0.6) is 0 Å². The van der Waals surface area contributed by atoms with Crippen LogP contribution in [0.25, 0.3) is 10.9 Å². The summed E-state index contributed by atoms with van der Waals surface area (Å²) in [6.07, 6.45) is 4.92. The molecule has 2 aromatic rings. The number of nitrogens with one attached hydrogen (secondary N) is 1. The zero-order valence-corrected chi connectivity index (χ0v) is 17.7. The zero-order chi connectivity index (χ0) is 20.3. The highest BCUT2D eigenvalue weighted by molar-refractivity contribution is 8.00. The Bertz CT molecular complexity index is 924. The van der Waals surface area contributed by atoms with E-state index in [9.17, 15) is 9.59 Å². The van der Waals surface area contributed by atoms with Gasteiger partial charge in [0.15, 0.2) is 5.16 Å². The average Bonchev–Trinajstić information content (AvgIpc) is 2.69. The second-order valence-electron chi connectivity index (χ2n) is 7.72.